The second-order valence-electron chi connectivity index (χ2n) is 10.2. The van der Waals surface area contributed by atoms with Crippen LogP contribution in [0.1, 0.15) is 11.7 Å². The molecule has 2 unspecified atom stereocenters. The molecule has 4 amide bonds. The summed E-state index contributed by atoms with van der Waals surface area (Å²) < 4.78 is 60.8. The summed E-state index contributed by atoms with van der Waals surface area (Å²) in [5.74, 6) is -2.91. The highest BCUT2D eigenvalue weighted by atomic mass is 19.1. The van der Waals surface area contributed by atoms with Gasteiger partial charge in [0, 0.05) is 24.9 Å². The van der Waals surface area contributed by atoms with Crippen LogP contribution in [0.15, 0.2) is 24.3 Å². The highest BCUT2D eigenvalue weighted by molar-refractivity contribution is 5.93. The summed E-state index contributed by atoms with van der Waals surface area (Å²) in [7, 11) is 1.62. The fourth-order valence-electron chi connectivity index (χ4n) is 3.71. The molecule has 296 valence electrons. The lowest BCUT2D eigenvalue weighted by Gasteiger charge is -2.20. The van der Waals surface area contributed by atoms with Gasteiger partial charge in [0.1, 0.15) is 6.67 Å². The van der Waals surface area contributed by atoms with E-state index in [9.17, 15) is 28.4 Å². The van der Waals surface area contributed by atoms with E-state index in [1.54, 1.807) is 7.11 Å². The van der Waals surface area contributed by atoms with Crippen LogP contribution in [0.5, 0.6) is 0 Å². The fourth-order valence-corrected chi connectivity index (χ4v) is 3.71. The summed E-state index contributed by atoms with van der Waals surface area (Å²) in [4.78, 5) is 58.5. The third-order valence-corrected chi connectivity index (χ3v) is 6.26. The van der Waals surface area contributed by atoms with Crippen molar-refractivity contribution in [1.29, 1.82) is 0 Å². The molecule has 1 aromatic carbocycles. The second kappa shape index (κ2) is 31.7. The number of alkyl carbamates (subject to hydrolysis) is 1. The van der Waals surface area contributed by atoms with Crippen molar-refractivity contribution in [1.82, 2.24) is 16.0 Å². The van der Waals surface area contributed by atoms with E-state index in [-0.39, 0.29) is 38.5 Å². The average molecular weight is 751 g/mol. The first-order chi connectivity index (χ1) is 25.3. The molecular formula is C32H51FN4O15. The number of hydrogen-bond acceptors (Lipinski definition) is 14. The molecule has 0 heterocycles. The molecule has 19 nitrogen and oxygen atoms in total. The minimum absolute atomic E-state index is 0.0213. The number of amides is 4. The maximum absolute atomic E-state index is 13.0. The van der Waals surface area contributed by atoms with Crippen LogP contribution in [0.2, 0.25) is 0 Å². The highest BCUT2D eigenvalue weighted by Crippen LogP contribution is 2.21. The Bertz CT molecular complexity index is 1120. The molecule has 0 aliphatic rings. The van der Waals surface area contributed by atoms with Crippen LogP contribution in [-0.4, -0.2) is 167 Å². The van der Waals surface area contributed by atoms with Crippen LogP contribution in [-0.2, 0) is 61.8 Å². The molecule has 1 aromatic rings. The van der Waals surface area contributed by atoms with Crippen molar-refractivity contribution in [2.24, 2.45) is 0 Å². The zero-order chi connectivity index (χ0) is 38.1. The molecule has 0 saturated heterocycles. The van der Waals surface area contributed by atoms with Gasteiger partial charge < -0.3 is 69.0 Å². The van der Waals surface area contributed by atoms with Crippen LogP contribution in [0.3, 0.4) is 0 Å². The Labute approximate surface area is 301 Å². The van der Waals surface area contributed by atoms with Crippen molar-refractivity contribution in [3.05, 3.63) is 29.8 Å². The van der Waals surface area contributed by atoms with Crippen molar-refractivity contribution in [2.45, 2.75) is 12.1 Å². The third kappa shape index (κ3) is 24.2. The number of carboxylic acids is 1. The molecule has 0 fully saturated rings. The smallest absolute Gasteiger partial charge is 0.409 e. The van der Waals surface area contributed by atoms with Gasteiger partial charge in [-0.3, -0.25) is 14.4 Å². The van der Waals surface area contributed by atoms with E-state index in [2.05, 4.69) is 16.0 Å². The van der Waals surface area contributed by atoms with E-state index in [4.69, 9.17) is 47.7 Å². The summed E-state index contributed by atoms with van der Waals surface area (Å²) in [5, 5.41) is 18.1. The van der Waals surface area contributed by atoms with Crippen molar-refractivity contribution in [2.75, 3.05) is 131 Å². The number of rotatable bonds is 34. The Kier molecular flexibility index (Phi) is 28.0. The first kappa shape index (κ1) is 46.0. The number of ether oxygens (including phenoxy) is 9. The lowest BCUT2D eigenvalue weighted by molar-refractivity contribution is -0.139. The largest absolute Gasteiger partial charge is 0.480 e. The van der Waals surface area contributed by atoms with Gasteiger partial charge in [-0.05, 0) is 12.1 Å². The Hall–Kier alpha value is -4.02. The number of alkyl halides is 1. The predicted octanol–water partition coefficient (Wildman–Crippen LogP) is -0.560. The zero-order valence-corrected chi connectivity index (χ0v) is 29.3. The van der Waals surface area contributed by atoms with Gasteiger partial charge in [-0.15, -0.1) is 0 Å². The van der Waals surface area contributed by atoms with Gasteiger partial charge in [-0.2, -0.15) is 0 Å². The molecule has 1 rings (SSSR count). The van der Waals surface area contributed by atoms with Gasteiger partial charge >= 0.3 is 12.1 Å². The minimum Gasteiger partial charge on any atom is -0.480 e. The molecule has 0 saturated carbocycles. The Morgan fingerprint density at radius 2 is 1.19 bits per heavy atom. The molecule has 52 heavy (non-hydrogen) atoms. The molecular weight excluding hydrogens is 699 g/mol. The highest BCUT2D eigenvalue weighted by Gasteiger charge is 2.28. The first-order valence-corrected chi connectivity index (χ1v) is 16.5. The quantitative estimate of drug-likeness (QED) is 0.0439. The topological polar surface area (TPSA) is 237 Å². The number of carbonyl (C=O) groups is 5. The van der Waals surface area contributed by atoms with E-state index < -0.39 is 42.7 Å². The normalized spacial score (nSPS) is 12.0. The zero-order valence-electron chi connectivity index (χ0n) is 29.3. The molecule has 0 aliphatic heterocycles. The standard InChI is InChI=1S/C32H51FN4O15/c1-44-8-9-46-12-13-48-16-17-50-20-21-51-19-18-49-15-14-47-11-10-45-7-6-35-30(40)29(52-32(43)37-27(22-33)31(41)42)25-2-4-26(5-3-25)36-28(39)23-34-24-38/h2-5,24,27,29H,6-23H2,1H3,(H,34,38)(H,35,40)(H,36,39)(H,37,43)(H,41,42). The summed E-state index contributed by atoms with van der Waals surface area (Å²) in [5.41, 5.74) is 0.478. The third-order valence-electron chi connectivity index (χ3n) is 6.26. The Balaban J connectivity index is 2.22. The molecule has 0 spiro atoms. The number of carbonyl (C=O) groups excluding carboxylic acids is 4. The number of aliphatic carboxylic acids is 1. The number of benzene rings is 1. The lowest BCUT2D eigenvalue weighted by Crippen LogP contribution is -2.44. The van der Waals surface area contributed by atoms with Gasteiger partial charge in [0.2, 0.25) is 18.4 Å². The predicted molar refractivity (Wildman–Crippen MR) is 180 cm³/mol. The molecule has 0 radical (unpaired) electrons. The van der Waals surface area contributed by atoms with Gasteiger partial charge in [0.25, 0.3) is 5.91 Å². The molecule has 20 heteroatoms. The number of carboxylic acid groups (broad SMARTS) is 1. The van der Waals surface area contributed by atoms with Gasteiger partial charge in [-0.25, -0.2) is 14.0 Å². The van der Waals surface area contributed by atoms with E-state index in [0.29, 0.717) is 91.4 Å². The summed E-state index contributed by atoms with van der Waals surface area (Å²) >= 11 is 0. The summed E-state index contributed by atoms with van der Waals surface area (Å²) in [6.45, 7) is 4.39. The second-order valence-corrected chi connectivity index (χ2v) is 10.2. The van der Waals surface area contributed by atoms with Crippen molar-refractivity contribution in [3.8, 4) is 0 Å². The maximum atomic E-state index is 13.0. The lowest BCUT2D eigenvalue weighted by atomic mass is 10.1. The number of methoxy groups -OCH3 is 1. The van der Waals surface area contributed by atoms with Crippen molar-refractivity contribution >= 4 is 36.0 Å². The molecule has 0 bridgehead atoms. The average Bonchev–Trinajstić information content (AvgIpc) is 3.13. The number of halogens is 1. The number of hydrogen-bond donors (Lipinski definition) is 5. The molecule has 0 aliphatic carbocycles. The van der Waals surface area contributed by atoms with Crippen LogP contribution in [0.25, 0.3) is 0 Å². The van der Waals surface area contributed by atoms with Crippen LogP contribution in [0.4, 0.5) is 14.9 Å². The van der Waals surface area contributed by atoms with Gasteiger partial charge in [-0.1, -0.05) is 12.1 Å². The van der Waals surface area contributed by atoms with E-state index in [0.717, 1.165) is 0 Å². The SMILES string of the molecule is COCCOCCOCCOCCOCCOCCOCCOCCNC(=O)C(OC(=O)NC(CF)C(=O)O)c1ccc(NC(=O)CNC=O)cc1. The van der Waals surface area contributed by atoms with Gasteiger partial charge in [0.05, 0.1) is 106 Å². The van der Waals surface area contributed by atoms with Crippen LogP contribution < -0.4 is 21.3 Å². The summed E-state index contributed by atoms with van der Waals surface area (Å²) in [6.07, 6.45) is -2.54. The number of anilines is 1. The van der Waals surface area contributed by atoms with E-state index in [1.807, 2.05) is 5.32 Å². The molecule has 5 N–H and O–H groups in total. The van der Waals surface area contributed by atoms with Crippen LogP contribution >= 0.6 is 0 Å². The van der Waals surface area contributed by atoms with Crippen molar-refractivity contribution in [3.63, 3.8) is 0 Å². The van der Waals surface area contributed by atoms with Crippen molar-refractivity contribution < 1.29 is 76.1 Å². The number of nitrogens with one attached hydrogen (secondary N) is 4. The fraction of sp³-hybridized carbons (Fsp3) is 0.656. The summed E-state index contributed by atoms with van der Waals surface area (Å²) in [6, 6.07) is 3.73. The van der Waals surface area contributed by atoms with Gasteiger partial charge in [0.15, 0.2) is 6.04 Å². The van der Waals surface area contributed by atoms with Crippen LogP contribution in [0, 0.1) is 0 Å². The monoisotopic (exact) mass is 750 g/mol. The van der Waals surface area contributed by atoms with E-state index in [1.165, 1.54) is 24.3 Å². The Morgan fingerprint density at radius 1 is 0.731 bits per heavy atom. The maximum Gasteiger partial charge on any atom is 0.409 e. The molecule has 0 aromatic heterocycles. The van der Waals surface area contributed by atoms with E-state index >= 15 is 0 Å². The molecule has 2 atom stereocenters. The first-order valence-electron chi connectivity index (χ1n) is 16.5. The Morgan fingerprint density at radius 3 is 1.62 bits per heavy atom. The minimum atomic E-state index is -1.87.